The lowest BCUT2D eigenvalue weighted by Gasteiger charge is -2.18. The van der Waals surface area contributed by atoms with Gasteiger partial charge in [0.1, 0.15) is 0 Å². The topological polar surface area (TPSA) is 73.8 Å². The van der Waals surface area contributed by atoms with Gasteiger partial charge in [0, 0.05) is 32.1 Å². The predicted octanol–water partition coefficient (Wildman–Crippen LogP) is 2.82. The van der Waals surface area contributed by atoms with Crippen molar-refractivity contribution in [3.63, 3.8) is 0 Å². The minimum absolute atomic E-state index is 0.0159. The van der Waals surface area contributed by atoms with Gasteiger partial charge in [0.2, 0.25) is 11.8 Å². The number of hydrogen-bond donors (Lipinski definition) is 2. The maximum atomic E-state index is 13.5. The summed E-state index contributed by atoms with van der Waals surface area (Å²) in [7, 11) is 0. The summed E-state index contributed by atoms with van der Waals surface area (Å²) in [5.41, 5.74) is 0.684. The van der Waals surface area contributed by atoms with E-state index >= 15 is 0 Å². The maximum absolute atomic E-state index is 13.5. The Morgan fingerprint density at radius 1 is 1.12 bits per heavy atom. The first-order chi connectivity index (χ1) is 15.4. The average molecular weight is 445 g/mol. The smallest absolute Gasteiger partial charge is 0.233 e. The van der Waals surface area contributed by atoms with E-state index in [0.29, 0.717) is 44.1 Å². The highest BCUT2D eigenvalue weighted by atomic mass is 19.2. The van der Waals surface area contributed by atoms with Crippen molar-refractivity contribution in [1.29, 1.82) is 0 Å². The van der Waals surface area contributed by atoms with E-state index in [1.165, 1.54) is 11.0 Å². The van der Waals surface area contributed by atoms with E-state index < -0.39 is 11.6 Å². The van der Waals surface area contributed by atoms with Crippen molar-refractivity contribution < 1.29 is 18.4 Å². The molecule has 0 radical (unpaired) electrons. The molecule has 32 heavy (non-hydrogen) atoms. The van der Waals surface area contributed by atoms with E-state index in [4.69, 9.17) is 0 Å². The molecular weight excluding hydrogens is 414 g/mol. The number of nitrogens with zero attached hydrogens (tertiary/aromatic N) is 2. The fourth-order valence-corrected chi connectivity index (χ4v) is 5.12. The molecule has 1 saturated heterocycles. The first-order valence-electron chi connectivity index (χ1n) is 11.4. The van der Waals surface area contributed by atoms with E-state index in [-0.39, 0.29) is 41.4 Å². The van der Waals surface area contributed by atoms with Crippen LogP contribution in [0.3, 0.4) is 0 Å². The van der Waals surface area contributed by atoms with Crippen molar-refractivity contribution in [1.82, 2.24) is 15.5 Å². The Kier molecular flexibility index (Phi) is 6.58. The van der Waals surface area contributed by atoms with Gasteiger partial charge in [-0.1, -0.05) is 25.1 Å². The fourth-order valence-electron chi connectivity index (χ4n) is 5.12. The number of imide groups is 1. The lowest BCUT2D eigenvalue weighted by atomic mass is 9.85. The van der Waals surface area contributed by atoms with Crippen LogP contribution < -0.4 is 10.6 Å². The molecule has 2 aliphatic carbocycles. The van der Waals surface area contributed by atoms with Crippen molar-refractivity contribution in [2.24, 2.45) is 28.7 Å². The van der Waals surface area contributed by atoms with E-state index in [2.05, 4.69) is 27.8 Å². The summed E-state index contributed by atoms with van der Waals surface area (Å²) in [4.78, 5) is 31.5. The molecule has 2 fully saturated rings. The van der Waals surface area contributed by atoms with Gasteiger partial charge in [-0.25, -0.2) is 8.78 Å². The highest BCUT2D eigenvalue weighted by molar-refractivity contribution is 6.06. The second-order valence-electron chi connectivity index (χ2n) is 8.90. The number of aliphatic imine (C=N–C) groups is 1. The standard InChI is InChI=1S/C24H30F2N4O2/c1-3-27-24(29-13-14(2)15-7-8-18(25)19(26)12-15)28-9-4-10-30-22(31)20-16-5-6-17(11-16)21(20)23(30)32/h5-8,12,14,16-17,20-21H,3-4,9-11,13H2,1-2H3,(H2,27,28,29). The van der Waals surface area contributed by atoms with Crippen LogP contribution in [-0.2, 0) is 9.59 Å². The first kappa shape index (κ1) is 22.4. The van der Waals surface area contributed by atoms with Crippen LogP contribution in [0.5, 0.6) is 0 Å². The predicted molar refractivity (Wildman–Crippen MR) is 118 cm³/mol. The number of hydrogen-bond acceptors (Lipinski definition) is 3. The molecule has 4 rings (SSSR count). The minimum Gasteiger partial charge on any atom is -0.357 e. The molecule has 1 aromatic carbocycles. The Hall–Kier alpha value is -2.77. The molecule has 0 spiro atoms. The molecule has 3 aliphatic rings. The van der Waals surface area contributed by atoms with Gasteiger partial charge in [-0.15, -0.1) is 0 Å². The number of amides is 2. The van der Waals surface area contributed by atoms with Crippen molar-refractivity contribution >= 4 is 17.8 Å². The minimum atomic E-state index is -0.859. The SMILES string of the molecule is CCNC(=NCC(C)c1ccc(F)c(F)c1)NCCCN1C(=O)C2C3C=CC(C3)C2C1=O. The van der Waals surface area contributed by atoms with Crippen molar-refractivity contribution in [3.05, 3.63) is 47.5 Å². The van der Waals surface area contributed by atoms with Gasteiger partial charge in [-0.2, -0.15) is 0 Å². The molecule has 5 unspecified atom stereocenters. The Morgan fingerprint density at radius 2 is 1.81 bits per heavy atom. The molecule has 2 bridgehead atoms. The number of rotatable bonds is 8. The Balaban J connectivity index is 1.26. The van der Waals surface area contributed by atoms with Crippen LogP contribution in [0, 0.1) is 35.3 Å². The average Bonchev–Trinajstić information content (AvgIpc) is 3.46. The third-order valence-corrected chi connectivity index (χ3v) is 6.79. The number of halogens is 2. The lowest BCUT2D eigenvalue weighted by molar-refractivity contribution is -0.140. The molecule has 2 N–H and O–H groups in total. The van der Waals surface area contributed by atoms with Crippen molar-refractivity contribution in [2.45, 2.75) is 32.6 Å². The zero-order valence-electron chi connectivity index (χ0n) is 18.5. The summed E-state index contributed by atoms with van der Waals surface area (Å²) in [6.07, 6.45) is 5.77. The van der Waals surface area contributed by atoms with Gasteiger partial charge >= 0.3 is 0 Å². The number of fused-ring (bicyclic) bond motifs is 5. The number of carbonyl (C=O) groups is 2. The lowest BCUT2D eigenvalue weighted by Crippen LogP contribution is -2.40. The summed E-state index contributed by atoms with van der Waals surface area (Å²) in [6, 6.07) is 3.90. The molecule has 1 heterocycles. The second kappa shape index (κ2) is 9.38. The summed E-state index contributed by atoms with van der Waals surface area (Å²) in [6.45, 7) is 5.91. The van der Waals surface area contributed by atoms with Crippen LogP contribution in [0.4, 0.5) is 8.78 Å². The van der Waals surface area contributed by atoms with Crippen molar-refractivity contribution in [2.75, 3.05) is 26.2 Å². The molecule has 1 saturated carbocycles. The number of allylic oxidation sites excluding steroid dienone is 2. The largest absolute Gasteiger partial charge is 0.357 e. The zero-order valence-corrected chi connectivity index (χ0v) is 18.5. The molecule has 1 aromatic rings. The molecule has 5 atom stereocenters. The summed E-state index contributed by atoms with van der Waals surface area (Å²) < 4.78 is 26.6. The number of benzene rings is 1. The number of guanidine groups is 1. The van der Waals surface area contributed by atoms with Gasteiger partial charge in [0.05, 0.1) is 11.8 Å². The monoisotopic (exact) mass is 444 g/mol. The van der Waals surface area contributed by atoms with Gasteiger partial charge in [-0.05, 0) is 49.3 Å². The normalized spacial score (nSPS) is 27.2. The number of carbonyl (C=O) groups excluding carboxylic acids is 2. The quantitative estimate of drug-likeness (QED) is 0.213. The van der Waals surface area contributed by atoms with E-state index in [0.717, 1.165) is 12.5 Å². The summed E-state index contributed by atoms with van der Waals surface area (Å²) in [5.74, 6) is -1.06. The number of nitrogens with one attached hydrogen (secondary N) is 2. The van der Waals surface area contributed by atoms with Gasteiger partial charge in [0.25, 0.3) is 0 Å². The summed E-state index contributed by atoms with van der Waals surface area (Å²) in [5, 5.41) is 6.38. The van der Waals surface area contributed by atoms with E-state index in [1.807, 2.05) is 13.8 Å². The molecule has 2 amide bonds. The highest BCUT2D eigenvalue weighted by Crippen LogP contribution is 2.52. The summed E-state index contributed by atoms with van der Waals surface area (Å²) >= 11 is 0. The maximum Gasteiger partial charge on any atom is 0.233 e. The van der Waals surface area contributed by atoms with E-state index in [9.17, 15) is 18.4 Å². The van der Waals surface area contributed by atoms with Crippen LogP contribution in [-0.4, -0.2) is 48.9 Å². The van der Waals surface area contributed by atoms with Gasteiger partial charge in [-0.3, -0.25) is 19.5 Å². The molecule has 8 heteroatoms. The van der Waals surface area contributed by atoms with Gasteiger partial charge in [0.15, 0.2) is 17.6 Å². The third kappa shape index (κ3) is 4.27. The Morgan fingerprint density at radius 3 is 2.44 bits per heavy atom. The number of likely N-dealkylation sites (tertiary alicyclic amines) is 1. The van der Waals surface area contributed by atoms with Crippen LogP contribution in [0.25, 0.3) is 0 Å². The van der Waals surface area contributed by atoms with Crippen LogP contribution in [0.1, 0.15) is 38.2 Å². The molecular formula is C24H30F2N4O2. The van der Waals surface area contributed by atoms with Crippen LogP contribution in [0.2, 0.25) is 0 Å². The molecule has 0 aromatic heterocycles. The Bertz CT molecular complexity index is 918. The Labute approximate surface area is 187 Å². The van der Waals surface area contributed by atoms with E-state index in [1.54, 1.807) is 6.07 Å². The fraction of sp³-hybridized carbons (Fsp3) is 0.542. The van der Waals surface area contributed by atoms with Crippen LogP contribution in [0.15, 0.2) is 35.3 Å². The third-order valence-electron chi connectivity index (χ3n) is 6.79. The molecule has 1 aliphatic heterocycles. The zero-order chi connectivity index (χ0) is 22.8. The highest BCUT2D eigenvalue weighted by Gasteiger charge is 2.58. The molecule has 6 nitrogen and oxygen atoms in total. The molecule has 172 valence electrons. The van der Waals surface area contributed by atoms with Gasteiger partial charge < -0.3 is 10.6 Å². The first-order valence-corrected chi connectivity index (χ1v) is 11.4. The second-order valence-corrected chi connectivity index (χ2v) is 8.90. The van der Waals surface area contributed by atoms with Crippen LogP contribution >= 0.6 is 0 Å². The van der Waals surface area contributed by atoms with Crippen molar-refractivity contribution in [3.8, 4) is 0 Å².